The molecule has 3 rings (SSSR count). The second-order valence-corrected chi connectivity index (χ2v) is 9.50. The Balaban J connectivity index is 1.79. The molecule has 0 unspecified atom stereocenters. The van der Waals surface area contributed by atoms with Gasteiger partial charge in [-0.3, -0.25) is 4.79 Å². The topological polar surface area (TPSA) is 113 Å². The van der Waals surface area contributed by atoms with Gasteiger partial charge in [0.15, 0.2) is 27.2 Å². The molecule has 1 aromatic heterocycles. The molecule has 3 aromatic rings. The van der Waals surface area contributed by atoms with E-state index < -0.39 is 9.84 Å². The second kappa shape index (κ2) is 12.6. The van der Waals surface area contributed by atoms with Crippen LogP contribution in [0.5, 0.6) is 23.0 Å². The minimum absolute atomic E-state index is 0.194. The third-order valence-electron chi connectivity index (χ3n) is 5.19. The van der Waals surface area contributed by atoms with Crippen molar-refractivity contribution in [3.05, 3.63) is 89.1 Å². The Kier molecular flexibility index (Phi) is 9.28. The summed E-state index contributed by atoms with van der Waals surface area (Å²) >= 11 is 0. The molecular weight excluding hydrogens is 496 g/mol. The Morgan fingerprint density at radius 1 is 0.892 bits per heavy atom. The van der Waals surface area contributed by atoms with Gasteiger partial charge in [-0.2, -0.15) is 0 Å². The molecule has 37 heavy (non-hydrogen) atoms. The molecule has 9 nitrogen and oxygen atoms in total. The zero-order valence-electron chi connectivity index (χ0n) is 20.9. The number of hydrogen-bond acceptors (Lipinski definition) is 9. The lowest BCUT2D eigenvalue weighted by Gasteiger charge is -2.12. The van der Waals surface area contributed by atoms with Crippen LogP contribution in [-0.2, 0) is 15.6 Å². The van der Waals surface area contributed by atoms with Gasteiger partial charge >= 0.3 is 0 Å². The van der Waals surface area contributed by atoms with Crippen molar-refractivity contribution in [3.8, 4) is 23.0 Å². The summed E-state index contributed by atoms with van der Waals surface area (Å²) in [5, 5.41) is 3.98. The number of anilines is 1. The van der Waals surface area contributed by atoms with Crippen molar-refractivity contribution in [2.45, 2.75) is 5.75 Å². The summed E-state index contributed by atoms with van der Waals surface area (Å²) in [6, 6.07) is 15.2. The Labute approximate surface area is 216 Å². The number of ether oxygens (including phenoxy) is 4. The molecule has 0 radical (unpaired) electrons. The minimum Gasteiger partial charge on any atom is -0.496 e. The fourth-order valence-corrected chi connectivity index (χ4v) is 4.37. The molecule has 0 aliphatic heterocycles. The molecule has 10 heteroatoms. The van der Waals surface area contributed by atoms with Crippen molar-refractivity contribution in [2.75, 3.05) is 33.8 Å². The first-order valence-electron chi connectivity index (χ1n) is 11.1. The molecule has 0 amide bonds. The van der Waals surface area contributed by atoms with Crippen molar-refractivity contribution >= 4 is 27.5 Å². The van der Waals surface area contributed by atoms with Crippen molar-refractivity contribution in [2.24, 2.45) is 0 Å². The number of pyridine rings is 1. The number of methoxy groups -OCH3 is 4. The van der Waals surface area contributed by atoms with E-state index in [2.05, 4.69) is 10.3 Å². The number of nitrogens with zero attached hydrogens (tertiary/aromatic N) is 1. The van der Waals surface area contributed by atoms with Gasteiger partial charge in [-0.15, -0.1) is 0 Å². The standard InChI is InChI=1S/C27H28N2O7S/c1-33-21-16-25(35-3)22(26(17-21)36-4)13-15-37(31,32)18-20-10-11-24(34-2)27(29-20)28-14-12-23(30)19-8-6-5-7-9-19/h5-17H,18H2,1-4H3,(H,28,29)/b14-12-,15-13+. The highest BCUT2D eigenvalue weighted by molar-refractivity contribution is 7.93. The van der Waals surface area contributed by atoms with E-state index in [0.717, 1.165) is 5.41 Å². The van der Waals surface area contributed by atoms with Gasteiger partial charge in [-0.25, -0.2) is 13.4 Å². The molecule has 194 valence electrons. The summed E-state index contributed by atoms with van der Waals surface area (Å²) in [7, 11) is 2.19. The average molecular weight is 525 g/mol. The quantitative estimate of drug-likeness (QED) is 0.270. The summed E-state index contributed by atoms with van der Waals surface area (Å²) in [6.07, 6.45) is 4.20. The molecule has 0 fully saturated rings. The van der Waals surface area contributed by atoms with Gasteiger partial charge in [0.2, 0.25) is 0 Å². The van der Waals surface area contributed by atoms with Crippen molar-refractivity contribution in [1.82, 2.24) is 4.98 Å². The monoisotopic (exact) mass is 524 g/mol. The van der Waals surface area contributed by atoms with Gasteiger partial charge in [0.25, 0.3) is 0 Å². The molecule has 0 saturated carbocycles. The van der Waals surface area contributed by atoms with E-state index in [1.165, 1.54) is 46.8 Å². The number of carbonyl (C=O) groups is 1. The fourth-order valence-electron chi connectivity index (χ4n) is 3.35. The third-order valence-corrected chi connectivity index (χ3v) is 6.44. The van der Waals surface area contributed by atoms with Crippen LogP contribution in [0.4, 0.5) is 5.82 Å². The van der Waals surface area contributed by atoms with Crippen LogP contribution in [0.3, 0.4) is 0 Å². The van der Waals surface area contributed by atoms with Gasteiger partial charge < -0.3 is 24.3 Å². The lowest BCUT2D eigenvalue weighted by atomic mass is 10.1. The molecule has 0 saturated heterocycles. The van der Waals surface area contributed by atoms with Crippen LogP contribution in [0.2, 0.25) is 0 Å². The van der Waals surface area contributed by atoms with E-state index in [4.69, 9.17) is 18.9 Å². The second-order valence-electron chi connectivity index (χ2n) is 7.62. The van der Waals surface area contributed by atoms with E-state index in [9.17, 15) is 13.2 Å². The maximum atomic E-state index is 12.9. The molecule has 2 aromatic carbocycles. The van der Waals surface area contributed by atoms with Crippen LogP contribution >= 0.6 is 0 Å². The summed E-state index contributed by atoms with van der Waals surface area (Å²) in [5.74, 6) is 1.41. The van der Waals surface area contributed by atoms with Crippen LogP contribution in [0, 0.1) is 0 Å². The Hall–Kier alpha value is -4.31. The molecule has 1 N–H and O–H groups in total. The minimum atomic E-state index is -3.73. The molecule has 0 aliphatic carbocycles. The normalized spacial score (nSPS) is 11.5. The van der Waals surface area contributed by atoms with E-state index in [1.807, 2.05) is 6.07 Å². The SMILES string of the molecule is COc1cc(OC)c(/C=C/S(=O)(=O)Cc2ccc(OC)c(N/C=C\C(=O)c3ccccc3)n2)c(OC)c1. The molecule has 1 heterocycles. The summed E-state index contributed by atoms with van der Waals surface area (Å²) in [5.41, 5.74) is 1.27. The lowest BCUT2D eigenvalue weighted by molar-refractivity contribution is 0.104. The van der Waals surface area contributed by atoms with Crippen LogP contribution in [0.15, 0.2) is 72.3 Å². The molecular formula is C27H28N2O7S. The number of hydrogen-bond donors (Lipinski definition) is 1. The highest BCUT2D eigenvalue weighted by atomic mass is 32.2. The molecule has 0 aliphatic rings. The number of rotatable bonds is 12. The zero-order valence-corrected chi connectivity index (χ0v) is 21.7. The highest BCUT2D eigenvalue weighted by Crippen LogP contribution is 2.35. The number of allylic oxidation sites excluding steroid dienone is 1. The third kappa shape index (κ3) is 7.34. The maximum Gasteiger partial charge on any atom is 0.187 e. The first-order chi connectivity index (χ1) is 17.8. The zero-order chi connectivity index (χ0) is 26.8. The number of benzene rings is 2. The first-order valence-corrected chi connectivity index (χ1v) is 12.8. The predicted octanol–water partition coefficient (Wildman–Crippen LogP) is 4.51. The lowest BCUT2D eigenvalue weighted by Crippen LogP contribution is -2.05. The van der Waals surface area contributed by atoms with E-state index in [1.54, 1.807) is 48.5 Å². The summed E-state index contributed by atoms with van der Waals surface area (Å²) < 4.78 is 47.0. The van der Waals surface area contributed by atoms with Gasteiger partial charge in [-0.1, -0.05) is 30.3 Å². The van der Waals surface area contributed by atoms with Crippen molar-refractivity contribution < 1.29 is 32.2 Å². The molecule has 0 bridgehead atoms. The smallest absolute Gasteiger partial charge is 0.187 e. The van der Waals surface area contributed by atoms with Crippen molar-refractivity contribution in [3.63, 3.8) is 0 Å². The molecule has 0 spiro atoms. The Bertz CT molecular complexity index is 1380. The van der Waals surface area contributed by atoms with E-state index in [0.29, 0.717) is 34.1 Å². The van der Waals surface area contributed by atoms with E-state index in [-0.39, 0.29) is 23.0 Å². The molecule has 0 atom stereocenters. The number of sulfone groups is 1. The van der Waals surface area contributed by atoms with Gasteiger partial charge in [0.1, 0.15) is 17.2 Å². The van der Waals surface area contributed by atoms with Crippen LogP contribution in [0.25, 0.3) is 6.08 Å². The van der Waals surface area contributed by atoms with Gasteiger partial charge in [0.05, 0.1) is 45.4 Å². The fraction of sp³-hybridized carbons (Fsp3) is 0.185. The van der Waals surface area contributed by atoms with E-state index >= 15 is 0 Å². The van der Waals surface area contributed by atoms with Crippen LogP contribution in [-0.4, -0.2) is 47.6 Å². The summed E-state index contributed by atoms with van der Waals surface area (Å²) in [6.45, 7) is 0. The maximum absolute atomic E-state index is 12.9. The largest absolute Gasteiger partial charge is 0.496 e. The first kappa shape index (κ1) is 27.3. The van der Waals surface area contributed by atoms with Gasteiger partial charge in [0, 0.05) is 35.4 Å². The average Bonchev–Trinajstić information content (AvgIpc) is 2.91. The number of aromatic nitrogens is 1. The van der Waals surface area contributed by atoms with Crippen LogP contribution < -0.4 is 24.3 Å². The van der Waals surface area contributed by atoms with Gasteiger partial charge in [-0.05, 0) is 18.2 Å². The number of ketones is 1. The predicted molar refractivity (Wildman–Crippen MR) is 142 cm³/mol. The Morgan fingerprint density at radius 3 is 2.14 bits per heavy atom. The number of carbonyl (C=O) groups excluding carboxylic acids is 1. The van der Waals surface area contributed by atoms with Crippen LogP contribution in [0.1, 0.15) is 21.6 Å². The highest BCUT2D eigenvalue weighted by Gasteiger charge is 2.15. The summed E-state index contributed by atoms with van der Waals surface area (Å²) in [4.78, 5) is 16.6. The number of nitrogens with one attached hydrogen (secondary N) is 1. The van der Waals surface area contributed by atoms with Crippen molar-refractivity contribution in [1.29, 1.82) is 0 Å². The Morgan fingerprint density at radius 2 is 1.54 bits per heavy atom.